The summed E-state index contributed by atoms with van der Waals surface area (Å²) in [5.41, 5.74) is 1.99. The number of likely N-dealkylation sites (N-methyl/N-ethyl adjacent to an activating group) is 1. The minimum Gasteiger partial charge on any atom is -0.336 e. The molecule has 138 valence electrons. The maximum atomic E-state index is 13.0. The summed E-state index contributed by atoms with van der Waals surface area (Å²) >= 11 is 0. The third-order valence-electron chi connectivity index (χ3n) is 4.99. The van der Waals surface area contributed by atoms with Gasteiger partial charge >= 0.3 is 0 Å². The summed E-state index contributed by atoms with van der Waals surface area (Å²) in [5.74, 6) is 0.192. The van der Waals surface area contributed by atoms with E-state index in [-0.39, 0.29) is 5.91 Å². The Balaban J connectivity index is 2.06. The molecule has 0 aliphatic carbocycles. The topological polar surface area (TPSA) is 26.8 Å². The van der Waals surface area contributed by atoms with Crippen molar-refractivity contribution < 1.29 is 4.79 Å². The zero-order valence-corrected chi connectivity index (χ0v) is 16.4. The molecule has 0 bridgehead atoms. The van der Waals surface area contributed by atoms with Gasteiger partial charge < -0.3 is 9.80 Å². The molecule has 1 aliphatic rings. The van der Waals surface area contributed by atoms with Gasteiger partial charge in [-0.1, -0.05) is 37.3 Å². The van der Waals surface area contributed by atoms with E-state index in [2.05, 4.69) is 44.7 Å². The molecule has 1 saturated heterocycles. The van der Waals surface area contributed by atoms with Crippen molar-refractivity contribution in [3.63, 3.8) is 0 Å². The summed E-state index contributed by atoms with van der Waals surface area (Å²) < 4.78 is 0. The number of nitrogens with zero attached hydrogens (tertiary/aromatic N) is 3. The molecule has 1 aromatic rings. The second-order valence-electron chi connectivity index (χ2n) is 7.38. The van der Waals surface area contributed by atoms with E-state index in [1.54, 1.807) is 0 Å². The lowest BCUT2D eigenvalue weighted by Gasteiger charge is -2.45. The van der Waals surface area contributed by atoms with Gasteiger partial charge in [0, 0.05) is 43.8 Å². The lowest BCUT2D eigenvalue weighted by molar-refractivity contribution is -0.131. The van der Waals surface area contributed by atoms with E-state index in [0.29, 0.717) is 12.1 Å². The largest absolute Gasteiger partial charge is 0.336 e. The summed E-state index contributed by atoms with van der Waals surface area (Å²) in [7, 11) is 4.22. The van der Waals surface area contributed by atoms with Crippen molar-refractivity contribution in [1.82, 2.24) is 14.7 Å². The molecule has 4 nitrogen and oxygen atoms in total. The number of benzene rings is 1. The maximum Gasteiger partial charge on any atom is 0.249 e. The molecule has 4 heteroatoms. The van der Waals surface area contributed by atoms with Crippen molar-refractivity contribution in [2.24, 2.45) is 0 Å². The monoisotopic (exact) mass is 343 g/mol. The molecular weight excluding hydrogens is 310 g/mol. The summed E-state index contributed by atoms with van der Waals surface area (Å²) in [5, 5.41) is 0. The van der Waals surface area contributed by atoms with Crippen LogP contribution in [0.2, 0.25) is 0 Å². The fourth-order valence-corrected chi connectivity index (χ4v) is 3.55. The smallest absolute Gasteiger partial charge is 0.249 e. The first-order valence-corrected chi connectivity index (χ1v) is 9.37. The zero-order valence-electron chi connectivity index (χ0n) is 16.4. The van der Waals surface area contributed by atoms with Crippen LogP contribution in [0.4, 0.5) is 0 Å². The van der Waals surface area contributed by atoms with Crippen LogP contribution in [0, 0.1) is 0 Å². The number of rotatable bonds is 6. The first kappa shape index (κ1) is 19.7. The molecule has 0 N–H and O–H groups in total. The Morgan fingerprint density at radius 3 is 2.28 bits per heavy atom. The van der Waals surface area contributed by atoms with Crippen LogP contribution in [0.5, 0.6) is 0 Å². The van der Waals surface area contributed by atoms with Crippen molar-refractivity contribution in [3.8, 4) is 0 Å². The van der Waals surface area contributed by atoms with E-state index in [0.717, 1.165) is 43.7 Å². The van der Waals surface area contributed by atoms with Gasteiger partial charge in [-0.2, -0.15) is 0 Å². The molecule has 25 heavy (non-hydrogen) atoms. The third kappa shape index (κ3) is 5.41. The highest BCUT2D eigenvalue weighted by atomic mass is 16.2. The number of carbonyl (C=O) groups is 1. The number of amides is 1. The summed E-state index contributed by atoms with van der Waals surface area (Å²) in [6, 6.07) is 10.9. The molecule has 2 unspecified atom stereocenters. The molecule has 2 rings (SSSR count). The van der Waals surface area contributed by atoms with Crippen LogP contribution in [0.25, 0.3) is 6.08 Å². The molecule has 0 spiro atoms. The fourth-order valence-electron chi connectivity index (χ4n) is 3.55. The standard InChI is InChI=1S/C21H33N3O/c1-6-20(14-19-10-8-7-9-11-19)21(25)23-15-17(2)24(18(3)16-23)13-12-22(4)5/h7-11,14,17-18H,6,12-13,15-16H2,1-5H3/b20-14+. The molecule has 1 aliphatic heterocycles. The van der Waals surface area contributed by atoms with E-state index in [4.69, 9.17) is 0 Å². The van der Waals surface area contributed by atoms with Crippen LogP contribution >= 0.6 is 0 Å². The first-order valence-electron chi connectivity index (χ1n) is 9.37. The van der Waals surface area contributed by atoms with Crippen LogP contribution in [0.1, 0.15) is 32.8 Å². The summed E-state index contributed by atoms with van der Waals surface area (Å²) in [6.07, 6.45) is 2.80. The van der Waals surface area contributed by atoms with Gasteiger partial charge in [-0.3, -0.25) is 9.69 Å². The van der Waals surface area contributed by atoms with Crippen molar-refractivity contribution in [1.29, 1.82) is 0 Å². The third-order valence-corrected chi connectivity index (χ3v) is 4.99. The van der Waals surface area contributed by atoms with Gasteiger partial charge in [-0.25, -0.2) is 0 Å². The Labute approximate surface area is 153 Å². The predicted molar refractivity (Wildman–Crippen MR) is 105 cm³/mol. The van der Waals surface area contributed by atoms with Gasteiger partial charge in [0.2, 0.25) is 5.91 Å². The Morgan fingerprint density at radius 1 is 1.16 bits per heavy atom. The molecule has 2 atom stereocenters. The van der Waals surface area contributed by atoms with Gasteiger partial charge in [0.25, 0.3) is 0 Å². The van der Waals surface area contributed by atoms with Crippen LogP contribution in [0.15, 0.2) is 35.9 Å². The SMILES string of the molecule is CC/C(=C\c1ccccc1)C(=O)N1CC(C)N(CCN(C)C)C(C)C1. The van der Waals surface area contributed by atoms with E-state index >= 15 is 0 Å². The lowest BCUT2D eigenvalue weighted by Crippen LogP contribution is -2.59. The molecule has 0 aromatic heterocycles. The predicted octanol–water partition coefficient (Wildman–Crippen LogP) is 2.96. The average molecular weight is 344 g/mol. The van der Waals surface area contributed by atoms with Gasteiger partial charge in [-0.05, 0) is 46.0 Å². The van der Waals surface area contributed by atoms with Crippen molar-refractivity contribution in [3.05, 3.63) is 41.5 Å². The Hall–Kier alpha value is -1.65. The molecular formula is C21H33N3O. The normalized spacial score (nSPS) is 22.5. The van der Waals surface area contributed by atoms with Crippen molar-refractivity contribution in [2.45, 2.75) is 39.3 Å². The Kier molecular flexibility index (Phi) is 7.21. The highest BCUT2D eigenvalue weighted by Gasteiger charge is 2.32. The number of hydrogen-bond acceptors (Lipinski definition) is 3. The quantitative estimate of drug-likeness (QED) is 0.743. The van der Waals surface area contributed by atoms with Gasteiger partial charge in [0.1, 0.15) is 0 Å². The minimum atomic E-state index is 0.192. The average Bonchev–Trinajstić information content (AvgIpc) is 2.58. The minimum absolute atomic E-state index is 0.192. The number of hydrogen-bond donors (Lipinski definition) is 0. The first-order chi connectivity index (χ1) is 11.9. The van der Waals surface area contributed by atoms with Gasteiger partial charge in [0.05, 0.1) is 0 Å². The molecule has 1 fully saturated rings. The Morgan fingerprint density at radius 2 is 1.76 bits per heavy atom. The molecule has 0 saturated carbocycles. The summed E-state index contributed by atoms with van der Waals surface area (Å²) in [6.45, 7) is 10.3. The maximum absolute atomic E-state index is 13.0. The van der Waals surface area contributed by atoms with Crippen LogP contribution in [-0.4, -0.2) is 73.0 Å². The number of piperazine rings is 1. The van der Waals surface area contributed by atoms with Crippen molar-refractivity contribution in [2.75, 3.05) is 40.3 Å². The second kappa shape index (κ2) is 9.16. The fraction of sp³-hybridized carbons (Fsp3) is 0.571. The summed E-state index contributed by atoms with van der Waals surface area (Å²) in [4.78, 5) is 19.8. The molecule has 0 radical (unpaired) electrons. The van der Waals surface area contributed by atoms with E-state index in [1.165, 1.54) is 0 Å². The van der Waals surface area contributed by atoms with Crippen LogP contribution < -0.4 is 0 Å². The highest BCUT2D eigenvalue weighted by molar-refractivity contribution is 5.97. The van der Waals surface area contributed by atoms with E-state index in [1.807, 2.05) is 41.3 Å². The number of carbonyl (C=O) groups excluding carboxylic acids is 1. The zero-order chi connectivity index (χ0) is 18.4. The van der Waals surface area contributed by atoms with Gasteiger partial charge in [0.15, 0.2) is 0 Å². The molecule has 1 amide bonds. The van der Waals surface area contributed by atoms with E-state index in [9.17, 15) is 4.79 Å². The van der Waals surface area contributed by atoms with Crippen molar-refractivity contribution >= 4 is 12.0 Å². The Bertz CT molecular complexity index is 570. The van der Waals surface area contributed by atoms with E-state index < -0.39 is 0 Å². The highest BCUT2D eigenvalue weighted by Crippen LogP contribution is 2.20. The van der Waals surface area contributed by atoms with Gasteiger partial charge in [-0.15, -0.1) is 0 Å². The lowest BCUT2D eigenvalue weighted by atomic mass is 10.0. The van der Waals surface area contributed by atoms with Crippen LogP contribution in [0.3, 0.4) is 0 Å². The molecule has 1 aromatic carbocycles. The second-order valence-corrected chi connectivity index (χ2v) is 7.38. The van der Waals surface area contributed by atoms with Crippen LogP contribution in [-0.2, 0) is 4.79 Å². The molecule has 1 heterocycles.